The van der Waals surface area contributed by atoms with E-state index in [0.29, 0.717) is 5.56 Å². The normalized spacial score (nSPS) is 12.3. The third-order valence-electron chi connectivity index (χ3n) is 3.60. The molecule has 1 N–H and O–H groups in total. The lowest BCUT2D eigenvalue weighted by molar-refractivity contribution is -0.148. The molecule has 0 spiro atoms. The Balaban J connectivity index is 1.87. The van der Waals surface area contributed by atoms with Crippen LogP contribution >= 0.6 is 0 Å². The van der Waals surface area contributed by atoms with Crippen molar-refractivity contribution in [2.45, 2.75) is 32.2 Å². The minimum absolute atomic E-state index is 0.116. The minimum Gasteiger partial charge on any atom is -0.461 e. The number of ether oxygens (including phenoxy) is 1. The van der Waals surface area contributed by atoms with Gasteiger partial charge in [0.1, 0.15) is 6.61 Å². The number of hydrogen-bond acceptors (Lipinski definition) is 3. The van der Waals surface area contributed by atoms with Gasteiger partial charge in [0, 0.05) is 17.2 Å². The van der Waals surface area contributed by atoms with Crippen molar-refractivity contribution in [2.24, 2.45) is 0 Å². The molecule has 138 valence electrons. The van der Waals surface area contributed by atoms with Crippen molar-refractivity contribution >= 4 is 11.9 Å². The Kier molecular flexibility index (Phi) is 6.38. The number of hydrogen-bond donors (Lipinski definition) is 1. The minimum atomic E-state index is -4.51. The van der Waals surface area contributed by atoms with E-state index in [4.69, 9.17) is 4.74 Å². The molecular formula is C19H18F3NO3. The van der Waals surface area contributed by atoms with E-state index in [9.17, 15) is 22.8 Å². The lowest BCUT2D eigenvalue weighted by Crippen LogP contribution is -2.34. The van der Waals surface area contributed by atoms with E-state index in [-0.39, 0.29) is 17.9 Å². The van der Waals surface area contributed by atoms with Gasteiger partial charge in [-0.3, -0.25) is 9.59 Å². The van der Waals surface area contributed by atoms with Gasteiger partial charge in [0.25, 0.3) is 5.91 Å². The Bertz CT molecular complexity index is 760. The summed E-state index contributed by atoms with van der Waals surface area (Å²) in [7, 11) is 0. The maximum Gasteiger partial charge on any atom is 0.416 e. The van der Waals surface area contributed by atoms with E-state index < -0.39 is 30.4 Å². The van der Waals surface area contributed by atoms with E-state index in [1.807, 2.05) is 0 Å². The van der Waals surface area contributed by atoms with Crippen molar-refractivity contribution in [3.63, 3.8) is 0 Å². The summed E-state index contributed by atoms with van der Waals surface area (Å²) in [4.78, 5) is 23.8. The monoisotopic (exact) mass is 365 g/mol. The fourth-order valence-electron chi connectivity index (χ4n) is 2.34. The number of carbonyl (C=O) groups is 2. The standard InChI is InChI=1S/C19H18F3NO3/c1-13(23-18(25)14-7-3-2-4-8-14)11-17(24)26-12-15-9-5-6-10-16(15)19(20,21)22/h2-10,13H,11-12H2,1H3,(H,23,25). The summed E-state index contributed by atoms with van der Waals surface area (Å²) in [5.41, 5.74) is -0.501. The van der Waals surface area contributed by atoms with Crippen molar-refractivity contribution in [3.05, 3.63) is 71.3 Å². The van der Waals surface area contributed by atoms with Crippen LogP contribution in [0.25, 0.3) is 0 Å². The fraction of sp³-hybridized carbons (Fsp3) is 0.263. The summed E-state index contributed by atoms with van der Waals surface area (Å²) in [6.45, 7) is 1.14. The smallest absolute Gasteiger partial charge is 0.416 e. The molecule has 0 heterocycles. The van der Waals surface area contributed by atoms with Gasteiger partial charge in [0.15, 0.2) is 0 Å². The highest BCUT2D eigenvalue weighted by Crippen LogP contribution is 2.32. The lowest BCUT2D eigenvalue weighted by atomic mass is 10.1. The summed E-state index contributed by atoms with van der Waals surface area (Å²) >= 11 is 0. The number of halogens is 3. The van der Waals surface area contributed by atoms with Gasteiger partial charge in [-0.15, -0.1) is 0 Å². The van der Waals surface area contributed by atoms with E-state index in [0.717, 1.165) is 6.07 Å². The van der Waals surface area contributed by atoms with Crippen molar-refractivity contribution in [3.8, 4) is 0 Å². The third kappa shape index (κ3) is 5.61. The molecule has 0 saturated carbocycles. The van der Waals surface area contributed by atoms with Crippen LogP contribution in [0, 0.1) is 0 Å². The number of amides is 1. The first-order valence-electron chi connectivity index (χ1n) is 7.94. The maximum atomic E-state index is 12.9. The van der Waals surface area contributed by atoms with Gasteiger partial charge in [-0.2, -0.15) is 13.2 Å². The molecule has 2 aromatic carbocycles. The molecule has 0 aromatic heterocycles. The zero-order chi connectivity index (χ0) is 19.2. The number of rotatable bonds is 6. The van der Waals surface area contributed by atoms with Crippen molar-refractivity contribution in [1.82, 2.24) is 5.32 Å². The predicted molar refractivity (Wildman–Crippen MR) is 89.2 cm³/mol. The van der Waals surface area contributed by atoms with Crippen LogP contribution in [0.5, 0.6) is 0 Å². The average Bonchev–Trinajstić information content (AvgIpc) is 2.60. The highest BCUT2D eigenvalue weighted by Gasteiger charge is 2.33. The summed E-state index contributed by atoms with van der Waals surface area (Å²) in [5, 5.41) is 2.64. The van der Waals surface area contributed by atoms with Crippen molar-refractivity contribution in [2.75, 3.05) is 0 Å². The van der Waals surface area contributed by atoms with Gasteiger partial charge in [-0.1, -0.05) is 36.4 Å². The summed E-state index contributed by atoms with van der Waals surface area (Å²) in [6.07, 6.45) is -4.66. The first-order chi connectivity index (χ1) is 12.3. The van der Waals surface area contributed by atoms with E-state index in [1.54, 1.807) is 37.3 Å². The van der Waals surface area contributed by atoms with Gasteiger partial charge >= 0.3 is 12.1 Å². The Hall–Kier alpha value is -2.83. The summed E-state index contributed by atoms with van der Waals surface area (Å²) in [6, 6.07) is 12.9. The van der Waals surface area contributed by atoms with Gasteiger partial charge in [-0.25, -0.2) is 0 Å². The predicted octanol–water partition coefficient (Wildman–Crippen LogP) is 3.96. The molecule has 1 amide bonds. The first-order valence-corrected chi connectivity index (χ1v) is 7.94. The highest BCUT2D eigenvalue weighted by atomic mass is 19.4. The number of alkyl halides is 3. The second-order valence-corrected chi connectivity index (χ2v) is 5.76. The van der Waals surface area contributed by atoms with E-state index in [2.05, 4.69) is 5.32 Å². The molecule has 0 aliphatic carbocycles. The van der Waals surface area contributed by atoms with Crippen LogP contribution in [0.4, 0.5) is 13.2 Å². The second kappa shape index (κ2) is 8.51. The highest BCUT2D eigenvalue weighted by molar-refractivity contribution is 5.94. The molecule has 7 heteroatoms. The molecule has 0 aliphatic rings. The van der Waals surface area contributed by atoms with Crippen molar-refractivity contribution in [1.29, 1.82) is 0 Å². The van der Waals surface area contributed by atoms with Crippen LogP contribution in [-0.2, 0) is 22.3 Å². The van der Waals surface area contributed by atoms with Gasteiger partial charge in [0.05, 0.1) is 12.0 Å². The Morgan fingerprint density at radius 3 is 2.31 bits per heavy atom. The van der Waals surface area contributed by atoms with E-state index >= 15 is 0 Å². The zero-order valence-corrected chi connectivity index (χ0v) is 14.0. The Morgan fingerprint density at radius 1 is 1.04 bits per heavy atom. The Labute approximate surface area is 149 Å². The lowest BCUT2D eigenvalue weighted by Gasteiger charge is -2.15. The molecule has 0 fully saturated rings. The number of benzene rings is 2. The SMILES string of the molecule is CC(CC(=O)OCc1ccccc1C(F)(F)F)NC(=O)c1ccccc1. The summed E-state index contributed by atoms with van der Waals surface area (Å²) < 4.78 is 43.6. The summed E-state index contributed by atoms with van der Waals surface area (Å²) in [5.74, 6) is -1.03. The van der Waals surface area contributed by atoms with Crippen molar-refractivity contribution < 1.29 is 27.5 Å². The average molecular weight is 365 g/mol. The molecule has 26 heavy (non-hydrogen) atoms. The van der Waals surface area contributed by atoms with Crippen LogP contribution in [0.3, 0.4) is 0 Å². The maximum absolute atomic E-state index is 12.9. The van der Waals surface area contributed by atoms with Crippen LogP contribution in [0.15, 0.2) is 54.6 Å². The van der Waals surface area contributed by atoms with Gasteiger partial charge in [-0.05, 0) is 25.1 Å². The number of esters is 1. The molecule has 0 radical (unpaired) electrons. The second-order valence-electron chi connectivity index (χ2n) is 5.76. The van der Waals surface area contributed by atoms with Crippen LogP contribution < -0.4 is 5.32 Å². The quantitative estimate of drug-likeness (QED) is 0.789. The molecule has 2 rings (SSSR count). The van der Waals surface area contributed by atoms with E-state index in [1.165, 1.54) is 18.2 Å². The number of nitrogens with one attached hydrogen (secondary N) is 1. The largest absolute Gasteiger partial charge is 0.461 e. The zero-order valence-electron chi connectivity index (χ0n) is 14.0. The van der Waals surface area contributed by atoms with Crippen LogP contribution in [-0.4, -0.2) is 17.9 Å². The fourth-order valence-corrected chi connectivity index (χ4v) is 2.34. The van der Waals surface area contributed by atoms with Gasteiger partial charge < -0.3 is 10.1 Å². The number of carbonyl (C=O) groups excluding carboxylic acids is 2. The third-order valence-corrected chi connectivity index (χ3v) is 3.60. The molecule has 0 bridgehead atoms. The molecule has 1 unspecified atom stereocenters. The molecule has 0 saturated heterocycles. The molecular weight excluding hydrogens is 347 g/mol. The molecule has 4 nitrogen and oxygen atoms in total. The van der Waals surface area contributed by atoms with Crippen LogP contribution in [0.1, 0.15) is 34.8 Å². The molecule has 2 aromatic rings. The molecule has 0 aliphatic heterocycles. The van der Waals surface area contributed by atoms with Gasteiger partial charge in [0.2, 0.25) is 0 Å². The topological polar surface area (TPSA) is 55.4 Å². The Morgan fingerprint density at radius 2 is 1.65 bits per heavy atom. The first kappa shape index (κ1) is 19.5. The molecule has 1 atom stereocenters. The van der Waals surface area contributed by atoms with Crippen LogP contribution in [0.2, 0.25) is 0 Å².